The molecule has 0 spiro atoms. The van der Waals surface area contributed by atoms with Crippen LogP contribution in [0.1, 0.15) is 36.2 Å². The van der Waals surface area contributed by atoms with Gasteiger partial charge >= 0.3 is 0 Å². The number of fused-ring (bicyclic) bond motifs is 2. The lowest BCUT2D eigenvalue weighted by Crippen LogP contribution is -2.47. The number of aromatic nitrogens is 1. The molecule has 0 aliphatic carbocycles. The van der Waals surface area contributed by atoms with E-state index in [1.807, 2.05) is 4.90 Å². The zero-order chi connectivity index (χ0) is 13.6. The normalized spacial score (nSPS) is 29.5. The van der Waals surface area contributed by atoms with Gasteiger partial charge in [-0.1, -0.05) is 0 Å². The zero-order valence-electron chi connectivity index (χ0n) is 10.2. The van der Waals surface area contributed by atoms with Crippen LogP contribution in [0.4, 0.5) is 5.69 Å². The molecular formula is C12H14ClN3O3. The van der Waals surface area contributed by atoms with Crippen molar-refractivity contribution in [2.24, 2.45) is 0 Å². The Hall–Kier alpha value is -1.56. The lowest BCUT2D eigenvalue weighted by Gasteiger charge is -2.36. The second-order valence-corrected chi connectivity index (χ2v) is 5.81. The van der Waals surface area contributed by atoms with E-state index in [2.05, 4.69) is 4.98 Å². The Morgan fingerprint density at radius 1 is 1.42 bits per heavy atom. The number of carbonyl (C=O) groups is 1. The van der Waals surface area contributed by atoms with E-state index in [0.717, 1.165) is 25.7 Å². The number of alkyl halides is 1. The molecule has 6 nitrogen and oxygen atoms in total. The highest BCUT2D eigenvalue weighted by Crippen LogP contribution is 2.38. The van der Waals surface area contributed by atoms with Crippen LogP contribution in [-0.2, 0) is 0 Å². The first kappa shape index (κ1) is 12.5. The van der Waals surface area contributed by atoms with Crippen molar-refractivity contribution < 1.29 is 9.72 Å². The number of halogens is 1. The summed E-state index contributed by atoms with van der Waals surface area (Å²) in [5.41, 5.74) is 0.208. The van der Waals surface area contributed by atoms with Crippen molar-refractivity contribution >= 4 is 23.2 Å². The molecule has 102 valence electrons. The molecule has 2 bridgehead atoms. The molecule has 1 aromatic heterocycles. The van der Waals surface area contributed by atoms with Gasteiger partial charge in [-0.15, -0.1) is 11.6 Å². The quantitative estimate of drug-likeness (QED) is 0.514. The van der Waals surface area contributed by atoms with Crippen molar-refractivity contribution in [3.63, 3.8) is 0 Å². The number of nitrogens with zero attached hydrogens (tertiary/aromatic N) is 2. The summed E-state index contributed by atoms with van der Waals surface area (Å²) in [7, 11) is 0. The van der Waals surface area contributed by atoms with Crippen LogP contribution in [0.2, 0.25) is 0 Å². The number of hydrogen-bond donors (Lipinski definition) is 1. The Bertz CT molecular complexity index is 516. The van der Waals surface area contributed by atoms with E-state index in [9.17, 15) is 14.9 Å². The topological polar surface area (TPSA) is 79.2 Å². The van der Waals surface area contributed by atoms with Crippen molar-refractivity contribution in [3.05, 3.63) is 28.1 Å². The predicted molar refractivity (Wildman–Crippen MR) is 69.3 cm³/mol. The number of carbonyl (C=O) groups excluding carboxylic acids is 1. The molecule has 0 saturated carbocycles. The number of aromatic amines is 1. The minimum Gasteiger partial charge on any atom is -0.351 e. The molecule has 2 saturated heterocycles. The van der Waals surface area contributed by atoms with Gasteiger partial charge in [-0.25, -0.2) is 0 Å². The second-order valence-electron chi connectivity index (χ2n) is 5.19. The number of nitro groups is 1. The first-order valence-electron chi connectivity index (χ1n) is 6.36. The van der Waals surface area contributed by atoms with Gasteiger partial charge in [0.1, 0.15) is 5.69 Å². The van der Waals surface area contributed by atoms with Crippen LogP contribution < -0.4 is 0 Å². The monoisotopic (exact) mass is 283 g/mol. The summed E-state index contributed by atoms with van der Waals surface area (Å²) in [6.07, 6.45) is 4.83. The SMILES string of the molecule is O=C(c1cc([N+](=O)[O-])c[nH]1)N1C2CCC1CC(Cl)C2. The van der Waals surface area contributed by atoms with Gasteiger partial charge in [0.25, 0.3) is 11.6 Å². The molecule has 0 aromatic carbocycles. The Morgan fingerprint density at radius 2 is 2.05 bits per heavy atom. The smallest absolute Gasteiger partial charge is 0.287 e. The third kappa shape index (κ3) is 2.10. The van der Waals surface area contributed by atoms with E-state index >= 15 is 0 Å². The average Bonchev–Trinajstić information content (AvgIpc) is 2.93. The maximum Gasteiger partial charge on any atom is 0.287 e. The van der Waals surface area contributed by atoms with Crippen molar-refractivity contribution in [2.75, 3.05) is 0 Å². The maximum absolute atomic E-state index is 12.4. The summed E-state index contributed by atoms with van der Waals surface area (Å²) in [5.74, 6) is -0.149. The molecule has 2 fully saturated rings. The Kier molecular flexibility index (Phi) is 2.97. The molecule has 7 heteroatoms. The van der Waals surface area contributed by atoms with Crippen LogP contribution in [0.5, 0.6) is 0 Å². The predicted octanol–water partition coefficient (Wildman–Crippen LogP) is 2.30. The van der Waals surface area contributed by atoms with Crippen molar-refractivity contribution in [1.29, 1.82) is 0 Å². The summed E-state index contributed by atoms with van der Waals surface area (Å²) < 4.78 is 0. The van der Waals surface area contributed by atoms with Gasteiger partial charge in [0, 0.05) is 23.5 Å². The molecule has 2 aliphatic rings. The Balaban J connectivity index is 1.82. The van der Waals surface area contributed by atoms with Crippen LogP contribution in [-0.4, -0.2) is 38.2 Å². The number of amides is 1. The van der Waals surface area contributed by atoms with Gasteiger partial charge in [-0.2, -0.15) is 0 Å². The standard InChI is InChI=1S/C12H14ClN3O3/c13-7-3-8-1-2-9(4-7)15(8)12(17)11-5-10(6-14-11)16(18)19/h5-9,14H,1-4H2. The van der Waals surface area contributed by atoms with Crippen LogP contribution in [0.15, 0.2) is 12.3 Å². The van der Waals surface area contributed by atoms with Crippen molar-refractivity contribution in [1.82, 2.24) is 9.88 Å². The van der Waals surface area contributed by atoms with Crippen LogP contribution in [0, 0.1) is 10.1 Å². The first-order valence-corrected chi connectivity index (χ1v) is 6.79. The van der Waals surface area contributed by atoms with E-state index < -0.39 is 4.92 Å². The van der Waals surface area contributed by atoms with Crippen LogP contribution in [0.3, 0.4) is 0 Å². The summed E-state index contributed by atoms with van der Waals surface area (Å²) in [6, 6.07) is 1.65. The fraction of sp³-hybridized carbons (Fsp3) is 0.583. The highest BCUT2D eigenvalue weighted by Gasteiger charge is 2.43. The largest absolute Gasteiger partial charge is 0.351 e. The third-order valence-corrected chi connectivity index (χ3v) is 4.38. The Morgan fingerprint density at radius 3 is 2.58 bits per heavy atom. The molecule has 1 amide bonds. The number of H-pyrrole nitrogens is 1. The number of hydrogen-bond acceptors (Lipinski definition) is 3. The van der Waals surface area contributed by atoms with E-state index in [1.165, 1.54) is 12.3 Å². The number of piperidine rings is 1. The molecule has 19 heavy (non-hydrogen) atoms. The van der Waals surface area contributed by atoms with Crippen molar-refractivity contribution in [2.45, 2.75) is 43.1 Å². The van der Waals surface area contributed by atoms with Gasteiger partial charge in [0.15, 0.2) is 0 Å². The van der Waals surface area contributed by atoms with Gasteiger partial charge in [-0.3, -0.25) is 14.9 Å². The van der Waals surface area contributed by atoms with Gasteiger partial charge in [0.05, 0.1) is 11.1 Å². The van der Waals surface area contributed by atoms with Gasteiger partial charge in [0.2, 0.25) is 0 Å². The molecule has 3 rings (SSSR count). The molecular weight excluding hydrogens is 270 g/mol. The van der Waals surface area contributed by atoms with E-state index in [4.69, 9.17) is 11.6 Å². The molecule has 1 aromatic rings. The first-order chi connectivity index (χ1) is 9.06. The molecule has 2 unspecified atom stereocenters. The molecule has 2 aliphatic heterocycles. The summed E-state index contributed by atoms with van der Waals surface area (Å²) >= 11 is 6.17. The second kappa shape index (κ2) is 4.52. The minimum atomic E-state index is -0.507. The van der Waals surface area contributed by atoms with Crippen LogP contribution >= 0.6 is 11.6 Å². The lowest BCUT2D eigenvalue weighted by atomic mass is 10.0. The molecule has 0 radical (unpaired) electrons. The lowest BCUT2D eigenvalue weighted by molar-refractivity contribution is -0.384. The van der Waals surface area contributed by atoms with Crippen molar-refractivity contribution in [3.8, 4) is 0 Å². The maximum atomic E-state index is 12.4. The molecule has 1 N–H and O–H groups in total. The number of rotatable bonds is 2. The van der Waals surface area contributed by atoms with E-state index in [-0.39, 0.29) is 34.7 Å². The minimum absolute atomic E-state index is 0.0806. The van der Waals surface area contributed by atoms with Crippen LogP contribution in [0.25, 0.3) is 0 Å². The molecule has 3 heterocycles. The highest BCUT2D eigenvalue weighted by atomic mass is 35.5. The average molecular weight is 284 g/mol. The fourth-order valence-corrected chi connectivity index (χ4v) is 3.60. The Labute approximate surface area is 114 Å². The fourth-order valence-electron chi connectivity index (χ4n) is 3.19. The summed E-state index contributed by atoms with van der Waals surface area (Å²) in [4.78, 5) is 27.1. The molecule has 2 atom stereocenters. The third-order valence-electron chi connectivity index (χ3n) is 4.02. The summed E-state index contributed by atoms with van der Waals surface area (Å²) in [5, 5.41) is 10.8. The van der Waals surface area contributed by atoms with E-state index in [1.54, 1.807) is 0 Å². The van der Waals surface area contributed by atoms with Gasteiger partial charge < -0.3 is 9.88 Å². The number of nitrogens with one attached hydrogen (secondary N) is 1. The highest BCUT2D eigenvalue weighted by molar-refractivity contribution is 6.20. The zero-order valence-corrected chi connectivity index (χ0v) is 11.0. The van der Waals surface area contributed by atoms with E-state index in [0.29, 0.717) is 0 Å². The van der Waals surface area contributed by atoms with Gasteiger partial charge in [-0.05, 0) is 25.7 Å². The summed E-state index contributed by atoms with van der Waals surface area (Å²) in [6.45, 7) is 0.